The van der Waals surface area contributed by atoms with Crippen LogP contribution >= 0.6 is 0 Å². The first-order chi connectivity index (χ1) is 13.4. The van der Waals surface area contributed by atoms with Crippen LogP contribution in [0.25, 0.3) is 0 Å². The van der Waals surface area contributed by atoms with Gasteiger partial charge in [-0.15, -0.1) is 0 Å². The van der Waals surface area contributed by atoms with Gasteiger partial charge in [-0.1, -0.05) is 48.5 Å². The fourth-order valence-electron chi connectivity index (χ4n) is 2.96. The largest absolute Gasteiger partial charge is 0.346 e. The molecule has 0 heterocycles. The van der Waals surface area contributed by atoms with E-state index in [9.17, 15) is 13.2 Å². The molecule has 3 rings (SSSR count). The minimum atomic E-state index is -3.79. The van der Waals surface area contributed by atoms with Crippen molar-refractivity contribution in [3.8, 4) is 0 Å². The Morgan fingerprint density at radius 1 is 0.893 bits per heavy atom. The summed E-state index contributed by atoms with van der Waals surface area (Å²) in [5, 5.41) is 2.93. The number of carbonyl (C=O) groups is 1. The summed E-state index contributed by atoms with van der Waals surface area (Å²) < 4.78 is 27.8. The Morgan fingerprint density at radius 3 is 2.29 bits per heavy atom. The SMILES string of the molecule is Cc1ccccc1[C@@H](C)NC(=O)c1cccc(S(=O)(=O)Nc2ccccc2)c1. The minimum absolute atomic E-state index is 0.0348. The molecule has 3 aromatic rings. The number of nitrogens with one attached hydrogen (secondary N) is 2. The Hall–Kier alpha value is -3.12. The summed E-state index contributed by atoms with van der Waals surface area (Å²) in [7, 11) is -3.79. The first-order valence-electron chi connectivity index (χ1n) is 8.91. The zero-order valence-electron chi connectivity index (χ0n) is 15.7. The molecule has 0 bridgehead atoms. The molecule has 1 amide bonds. The molecule has 0 fully saturated rings. The first-order valence-corrected chi connectivity index (χ1v) is 10.4. The number of sulfonamides is 1. The number of rotatable bonds is 6. The third-order valence-electron chi connectivity index (χ3n) is 4.44. The molecule has 0 spiro atoms. The van der Waals surface area contributed by atoms with E-state index in [0.29, 0.717) is 5.69 Å². The van der Waals surface area contributed by atoms with Gasteiger partial charge in [0.05, 0.1) is 10.9 Å². The summed E-state index contributed by atoms with van der Waals surface area (Å²) in [6.07, 6.45) is 0. The standard InChI is InChI=1S/C22H22N2O3S/c1-16-9-6-7-14-21(16)17(2)23-22(25)18-10-8-13-20(15-18)28(26,27)24-19-11-4-3-5-12-19/h3-15,17,24H,1-2H3,(H,23,25)/t17-/m1/s1. The molecule has 28 heavy (non-hydrogen) atoms. The van der Waals surface area contributed by atoms with Crippen molar-refractivity contribution in [2.75, 3.05) is 4.72 Å². The second-order valence-electron chi connectivity index (χ2n) is 6.55. The third-order valence-corrected chi connectivity index (χ3v) is 5.81. The average Bonchev–Trinajstić information content (AvgIpc) is 2.69. The molecular formula is C22H22N2O3S. The third kappa shape index (κ3) is 4.58. The van der Waals surface area contributed by atoms with Crippen LogP contribution in [0.2, 0.25) is 0 Å². The van der Waals surface area contributed by atoms with Crippen LogP contribution in [0.3, 0.4) is 0 Å². The van der Waals surface area contributed by atoms with Crippen molar-refractivity contribution < 1.29 is 13.2 Å². The molecule has 0 radical (unpaired) electrons. The Bertz CT molecular complexity index is 1080. The Labute approximate surface area is 165 Å². The molecule has 0 aliphatic rings. The van der Waals surface area contributed by atoms with Gasteiger partial charge in [0.25, 0.3) is 15.9 Å². The summed E-state index contributed by atoms with van der Waals surface area (Å²) in [5.41, 5.74) is 2.85. The summed E-state index contributed by atoms with van der Waals surface area (Å²) >= 11 is 0. The van der Waals surface area contributed by atoms with E-state index in [0.717, 1.165) is 11.1 Å². The predicted octanol–water partition coefficient (Wildman–Crippen LogP) is 4.29. The van der Waals surface area contributed by atoms with Crippen LogP contribution < -0.4 is 10.0 Å². The minimum Gasteiger partial charge on any atom is -0.346 e. The van der Waals surface area contributed by atoms with E-state index in [1.54, 1.807) is 42.5 Å². The highest BCUT2D eigenvalue weighted by Gasteiger charge is 2.18. The highest BCUT2D eigenvalue weighted by atomic mass is 32.2. The molecule has 5 nitrogen and oxygen atoms in total. The van der Waals surface area contributed by atoms with Crippen LogP contribution in [0, 0.1) is 6.92 Å². The van der Waals surface area contributed by atoms with Gasteiger partial charge >= 0.3 is 0 Å². The van der Waals surface area contributed by atoms with Crippen molar-refractivity contribution in [3.05, 3.63) is 95.6 Å². The van der Waals surface area contributed by atoms with E-state index in [4.69, 9.17) is 0 Å². The van der Waals surface area contributed by atoms with Gasteiger partial charge in [0.2, 0.25) is 0 Å². The summed E-state index contributed by atoms with van der Waals surface area (Å²) in [6.45, 7) is 3.89. The molecule has 2 N–H and O–H groups in total. The van der Waals surface area contributed by atoms with E-state index >= 15 is 0 Å². The maximum absolute atomic E-state index is 12.7. The highest BCUT2D eigenvalue weighted by molar-refractivity contribution is 7.92. The Morgan fingerprint density at radius 2 is 1.57 bits per heavy atom. The van der Waals surface area contributed by atoms with Crippen molar-refractivity contribution in [1.29, 1.82) is 0 Å². The van der Waals surface area contributed by atoms with Crippen LogP contribution in [-0.2, 0) is 10.0 Å². The molecule has 6 heteroatoms. The summed E-state index contributed by atoms with van der Waals surface area (Å²) in [5.74, 6) is -0.326. The van der Waals surface area contributed by atoms with Crippen LogP contribution in [0.1, 0.15) is 34.5 Å². The van der Waals surface area contributed by atoms with Crippen molar-refractivity contribution in [3.63, 3.8) is 0 Å². The van der Waals surface area contributed by atoms with Gasteiger partial charge in [-0.25, -0.2) is 8.42 Å². The van der Waals surface area contributed by atoms with Gasteiger partial charge < -0.3 is 5.32 Å². The molecular weight excluding hydrogens is 372 g/mol. The van der Waals surface area contributed by atoms with Crippen LogP contribution in [0.15, 0.2) is 83.8 Å². The fourth-order valence-corrected chi connectivity index (χ4v) is 4.06. The van der Waals surface area contributed by atoms with Crippen LogP contribution in [0.4, 0.5) is 5.69 Å². The van der Waals surface area contributed by atoms with Gasteiger partial charge in [-0.2, -0.15) is 0 Å². The van der Waals surface area contributed by atoms with E-state index < -0.39 is 10.0 Å². The molecule has 3 aromatic carbocycles. The summed E-state index contributed by atoms with van der Waals surface area (Å²) in [6, 6.07) is 22.3. The molecule has 0 saturated carbocycles. The lowest BCUT2D eigenvalue weighted by Gasteiger charge is -2.17. The second kappa shape index (κ2) is 8.27. The number of amides is 1. The normalized spacial score (nSPS) is 12.2. The van der Waals surface area contributed by atoms with Crippen molar-refractivity contribution in [2.45, 2.75) is 24.8 Å². The molecule has 0 aromatic heterocycles. The van der Waals surface area contributed by atoms with Crippen molar-refractivity contribution >= 4 is 21.6 Å². The molecule has 0 unspecified atom stereocenters. The first kappa shape index (κ1) is 19.6. The van der Waals surface area contributed by atoms with Crippen LogP contribution in [-0.4, -0.2) is 14.3 Å². The quantitative estimate of drug-likeness (QED) is 0.655. The van der Waals surface area contributed by atoms with E-state index in [2.05, 4.69) is 10.0 Å². The average molecular weight is 394 g/mol. The van der Waals surface area contributed by atoms with Gasteiger partial charge in [-0.05, 0) is 55.3 Å². The van der Waals surface area contributed by atoms with Crippen molar-refractivity contribution in [2.24, 2.45) is 0 Å². The van der Waals surface area contributed by atoms with E-state index in [1.165, 1.54) is 12.1 Å². The smallest absolute Gasteiger partial charge is 0.261 e. The second-order valence-corrected chi connectivity index (χ2v) is 8.23. The van der Waals surface area contributed by atoms with Gasteiger partial charge in [0.15, 0.2) is 0 Å². The Kier molecular flexibility index (Phi) is 5.80. The number of anilines is 1. The summed E-state index contributed by atoms with van der Waals surface area (Å²) in [4.78, 5) is 12.7. The monoisotopic (exact) mass is 394 g/mol. The molecule has 0 aliphatic heterocycles. The fraction of sp³-hybridized carbons (Fsp3) is 0.136. The Balaban J connectivity index is 1.79. The highest BCUT2D eigenvalue weighted by Crippen LogP contribution is 2.19. The van der Waals surface area contributed by atoms with E-state index in [-0.39, 0.29) is 22.4 Å². The molecule has 0 saturated heterocycles. The lowest BCUT2D eigenvalue weighted by atomic mass is 10.0. The number of hydrogen-bond acceptors (Lipinski definition) is 3. The topological polar surface area (TPSA) is 75.3 Å². The molecule has 144 valence electrons. The zero-order valence-corrected chi connectivity index (χ0v) is 16.5. The number of hydrogen-bond donors (Lipinski definition) is 2. The number of benzene rings is 3. The van der Waals surface area contributed by atoms with Gasteiger partial charge in [0.1, 0.15) is 0 Å². The lowest BCUT2D eigenvalue weighted by Crippen LogP contribution is -2.27. The number of aryl methyl sites for hydroxylation is 1. The lowest BCUT2D eigenvalue weighted by molar-refractivity contribution is 0.0939. The predicted molar refractivity (Wildman–Crippen MR) is 111 cm³/mol. The van der Waals surface area contributed by atoms with Crippen molar-refractivity contribution in [1.82, 2.24) is 5.32 Å². The number of carbonyl (C=O) groups excluding carboxylic acids is 1. The zero-order chi connectivity index (χ0) is 20.1. The van der Waals surface area contributed by atoms with Gasteiger partial charge in [-0.3, -0.25) is 9.52 Å². The molecule has 1 atom stereocenters. The molecule has 0 aliphatic carbocycles. The van der Waals surface area contributed by atoms with Crippen LogP contribution in [0.5, 0.6) is 0 Å². The van der Waals surface area contributed by atoms with Gasteiger partial charge in [0, 0.05) is 11.3 Å². The number of para-hydroxylation sites is 1. The maximum Gasteiger partial charge on any atom is 0.261 e. The van der Waals surface area contributed by atoms with E-state index in [1.807, 2.05) is 38.1 Å². The maximum atomic E-state index is 12.7.